The largest absolute Gasteiger partial charge is 0.464 e. The van der Waals surface area contributed by atoms with Gasteiger partial charge in [0.15, 0.2) is 0 Å². The first-order valence-electron chi connectivity index (χ1n) is 7.17. The van der Waals surface area contributed by atoms with Crippen molar-refractivity contribution in [3.05, 3.63) is 58.8 Å². The van der Waals surface area contributed by atoms with Crippen molar-refractivity contribution in [3.63, 3.8) is 0 Å². The lowest BCUT2D eigenvalue weighted by atomic mass is 10.1. The summed E-state index contributed by atoms with van der Waals surface area (Å²) in [7, 11) is 0. The summed E-state index contributed by atoms with van der Waals surface area (Å²) >= 11 is 0. The maximum Gasteiger partial charge on any atom is 0.257 e. The van der Waals surface area contributed by atoms with Crippen molar-refractivity contribution in [2.24, 2.45) is 0 Å². The van der Waals surface area contributed by atoms with E-state index in [0.717, 1.165) is 29.9 Å². The molecule has 110 valence electrons. The zero-order chi connectivity index (χ0) is 15.0. The Bertz CT molecular complexity index is 673. The molecule has 4 heteroatoms. The van der Waals surface area contributed by atoms with E-state index in [2.05, 4.69) is 0 Å². The number of halogens is 1. The summed E-state index contributed by atoms with van der Waals surface area (Å²) in [6, 6.07) is 8.66. The van der Waals surface area contributed by atoms with Gasteiger partial charge in [-0.15, -0.1) is 0 Å². The van der Waals surface area contributed by atoms with Crippen LogP contribution in [0.2, 0.25) is 0 Å². The van der Waals surface area contributed by atoms with E-state index in [-0.39, 0.29) is 17.5 Å². The molecule has 0 N–H and O–H groups in total. The first-order chi connectivity index (χ1) is 10.0. The molecule has 0 aliphatic heterocycles. The van der Waals surface area contributed by atoms with E-state index in [1.54, 1.807) is 17.0 Å². The molecule has 0 spiro atoms. The normalized spacial score (nSPS) is 14.2. The predicted molar refractivity (Wildman–Crippen MR) is 77.5 cm³/mol. The number of furan rings is 1. The number of hydrogen-bond donors (Lipinski definition) is 0. The lowest BCUT2D eigenvalue weighted by Gasteiger charge is -2.21. The van der Waals surface area contributed by atoms with Gasteiger partial charge >= 0.3 is 0 Å². The Labute approximate surface area is 123 Å². The van der Waals surface area contributed by atoms with Crippen LogP contribution in [0.3, 0.4) is 0 Å². The smallest absolute Gasteiger partial charge is 0.257 e. The highest BCUT2D eigenvalue weighted by Gasteiger charge is 2.34. The fourth-order valence-corrected chi connectivity index (χ4v) is 2.44. The summed E-state index contributed by atoms with van der Waals surface area (Å²) in [6.45, 7) is 4.07. The van der Waals surface area contributed by atoms with Gasteiger partial charge in [0, 0.05) is 6.04 Å². The third-order valence-corrected chi connectivity index (χ3v) is 3.73. The van der Waals surface area contributed by atoms with Crippen LogP contribution in [-0.2, 0) is 6.54 Å². The maximum absolute atomic E-state index is 14.0. The van der Waals surface area contributed by atoms with Gasteiger partial charge in [0.25, 0.3) is 5.91 Å². The van der Waals surface area contributed by atoms with Crippen molar-refractivity contribution in [2.75, 3.05) is 0 Å². The van der Waals surface area contributed by atoms with Crippen LogP contribution in [0.25, 0.3) is 0 Å². The monoisotopic (exact) mass is 287 g/mol. The second kappa shape index (κ2) is 5.35. The van der Waals surface area contributed by atoms with Crippen LogP contribution < -0.4 is 0 Å². The zero-order valence-corrected chi connectivity index (χ0v) is 12.2. The number of aryl methyl sites for hydroxylation is 2. The van der Waals surface area contributed by atoms with E-state index < -0.39 is 5.82 Å². The Balaban J connectivity index is 1.85. The third kappa shape index (κ3) is 2.99. The van der Waals surface area contributed by atoms with Crippen molar-refractivity contribution in [2.45, 2.75) is 39.3 Å². The van der Waals surface area contributed by atoms with Gasteiger partial charge in [-0.3, -0.25) is 4.79 Å². The molecule has 3 nitrogen and oxygen atoms in total. The number of amides is 1. The minimum atomic E-state index is -0.457. The van der Waals surface area contributed by atoms with Crippen LogP contribution in [0.5, 0.6) is 0 Å². The van der Waals surface area contributed by atoms with Crippen molar-refractivity contribution < 1.29 is 13.6 Å². The molecular weight excluding hydrogens is 269 g/mol. The first-order valence-corrected chi connectivity index (χ1v) is 7.17. The molecule has 0 radical (unpaired) electrons. The molecular formula is C17H18FNO2. The van der Waals surface area contributed by atoms with Crippen LogP contribution >= 0.6 is 0 Å². The van der Waals surface area contributed by atoms with Gasteiger partial charge in [-0.05, 0) is 56.5 Å². The number of carbonyl (C=O) groups is 1. The Morgan fingerprint density at radius 2 is 2.05 bits per heavy atom. The van der Waals surface area contributed by atoms with Gasteiger partial charge in [-0.25, -0.2) is 4.39 Å². The van der Waals surface area contributed by atoms with E-state index in [1.807, 2.05) is 26.0 Å². The summed E-state index contributed by atoms with van der Waals surface area (Å²) in [5.74, 6) is 0.834. The summed E-state index contributed by atoms with van der Waals surface area (Å²) in [6.07, 6.45) is 1.94. The van der Waals surface area contributed by atoms with Crippen molar-refractivity contribution in [1.82, 2.24) is 4.90 Å². The van der Waals surface area contributed by atoms with Crippen LogP contribution in [-0.4, -0.2) is 16.8 Å². The fourth-order valence-electron chi connectivity index (χ4n) is 2.44. The van der Waals surface area contributed by atoms with Gasteiger partial charge in [-0.1, -0.05) is 6.07 Å². The minimum Gasteiger partial charge on any atom is -0.464 e. The lowest BCUT2D eigenvalue weighted by molar-refractivity contribution is 0.0712. The third-order valence-electron chi connectivity index (χ3n) is 3.73. The number of carbonyl (C=O) groups excluding carboxylic acids is 1. The fraction of sp³-hybridized carbons (Fsp3) is 0.353. The van der Waals surface area contributed by atoms with Crippen molar-refractivity contribution in [1.29, 1.82) is 0 Å². The molecule has 0 unspecified atom stereocenters. The predicted octanol–water partition coefficient (Wildman–Crippen LogP) is 3.84. The number of nitrogens with zero attached hydrogens (tertiary/aromatic N) is 1. The summed E-state index contributed by atoms with van der Waals surface area (Å²) in [4.78, 5) is 14.3. The number of benzene rings is 1. The van der Waals surface area contributed by atoms with Crippen molar-refractivity contribution >= 4 is 5.91 Å². The van der Waals surface area contributed by atoms with Crippen molar-refractivity contribution in [3.8, 4) is 0 Å². The molecule has 1 saturated carbocycles. The zero-order valence-electron chi connectivity index (χ0n) is 12.2. The molecule has 1 heterocycles. The van der Waals surface area contributed by atoms with Gasteiger partial charge in [0.2, 0.25) is 0 Å². The van der Waals surface area contributed by atoms with Gasteiger partial charge in [0.05, 0.1) is 12.1 Å². The second-order valence-corrected chi connectivity index (χ2v) is 5.66. The van der Waals surface area contributed by atoms with Gasteiger partial charge in [-0.2, -0.15) is 0 Å². The lowest BCUT2D eigenvalue weighted by Crippen LogP contribution is -2.33. The molecule has 1 aliphatic carbocycles. The van der Waals surface area contributed by atoms with Gasteiger partial charge in [0.1, 0.15) is 17.3 Å². The molecule has 0 bridgehead atoms. The van der Waals surface area contributed by atoms with E-state index in [9.17, 15) is 9.18 Å². The molecule has 0 saturated heterocycles. The highest BCUT2D eigenvalue weighted by molar-refractivity contribution is 5.94. The van der Waals surface area contributed by atoms with E-state index in [0.29, 0.717) is 6.54 Å². The Hall–Kier alpha value is -2.10. The maximum atomic E-state index is 14.0. The summed E-state index contributed by atoms with van der Waals surface area (Å²) < 4.78 is 19.6. The second-order valence-electron chi connectivity index (χ2n) is 5.66. The minimum absolute atomic E-state index is 0.135. The molecule has 2 aromatic rings. The molecule has 3 rings (SSSR count). The Morgan fingerprint density at radius 3 is 2.62 bits per heavy atom. The topological polar surface area (TPSA) is 33.5 Å². The highest BCUT2D eigenvalue weighted by atomic mass is 19.1. The van der Waals surface area contributed by atoms with Crippen LogP contribution in [0, 0.1) is 19.7 Å². The average Bonchev–Trinajstić information content (AvgIpc) is 3.19. The Kier molecular flexibility index (Phi) is 3.53. The van der Waals surface area contributed by atoms with Crippen LogP contribution in [0.15, 0.2) is 34.7 Å². The molecule has 1 aromatic heterocycles. The van der Waals surface area contributed by atoms with Crippen LogP contribution in [0.4, 0.5) is 4.39 Å². The van der Waals surface area contributed by atoms with E-state index in [4.69, 9.17) is 4.42 Å². The SMILES string of the molecule is Cc1ccc(C(=O)N(Cc2ccc(C)o2)C2CC2)c(F)c1. The van der Waals surface area contributed by atoms with Gasteiger partial charge < -0.3 is 9.32 Å². The molecule has 1 amide bonds. The van der Waals surface area contributed by atoms with E-state index in [1.165, 1.54) is 6.07 Å². The summed E-state index contributed by atoms with van der Waals surface area (Å²) in [5.41, 5.74) is 0.944. The standard InChI is InChI=1S/C17H18FNO2/c1-11-3-8-15(16(18)9-11)17(20)19(13-5-6-13)10-14-7-4-12(2)21-14/h3-4,7-9,13H,5-6,10H2,1-2H3. The number of rotatable bonds is 4. The average molecular weight is 287 g/mol. The summed E-state index contributed by atoms with van der Waals surface area (Å²) in [5, 5.41) is 0. The van der Waals surface area contributed by atoms with Crippen LogP contribution in [0.1, 0.15) is 40.3 Å². The Morgan fingerprint density at radius 1 is 1.29 bits per heavy atom. The first kappa shape index (κ1) is 13.9. The molecule has 21 heavy (non-hydrogen) atoms. The highest BCUT2D eigenvalue weighted by Crippen LogP contribution is 2.30. The quantitative estimate of drug-likeness (QED) is 0.856. The molecule has 1 aliphatic rings. The molecule has 0 atom stereocenters. The molecule has 1 aromatic carbocycles. The molecule has 1 fully saturated rings. The van der Waals surface area contributed by atoms with E-state index >= 15 is 0 Å². The number of hydrogen-bond acceptors (Lipinski definition) is 2.